The van der Waals surface area contributed by atoms with Crippen LogP contribution in [-0.2, 0) is 4.74 Å². The molecule has 4 aromatic rings. The van der Waals surface area contributed by atoms with E-state index in [1.165, 1.54) is 0 Å². The van der Waals surface area contributed by atoms with E-state index < -0.39 is 12.2 Å². The SMILES string of the molecule is Cc1ccc2oc(-c3ccc(Br)cc3)c(NC(=O)O[C@H](C)c3ccccc3Cl)c2c1. The lowest BCUT2D eigenvalue weighted by atomic mass is 10.1. The Morgan fingerprint density at radius 2 is 1.83 bits per heavy atom. The van der Waals surface area contributed by atoms with Crippen LogP contribution in [0.4, 0.5) is 10.5 Å². The number of rotatable bonds is 4. The molecule has 0 saturated heterocycles. The Morgan fingerprint density at radius 1 is 1.10 bits per heavy atom. The molecule has 30 heavy (non-hydrogen) atoms. The zero-order valence-corrected chi connectivity index (χ0v) is 18.8. The molecule has 0 aliphatic carbocycles. The van der Waals surface area contributed by atoms with Gasteiger partial charge < -0.3 is 9.15 Å². The lowest BCUT2D eigenvalue weighted by molar-refractivity contribution is 0.121. The first kappa shape index (κ1) is 20.5. The molecule has 0 saturated carbocycles. The Kier molecular flexibility index (Phi) is 5.84. The van der Waals surface area contributed by atoms with E-state index in [4.69, 9.17) is 20.8 Å². The number of furan rings is 1. The predicted molar refractivity (Wildman–Crippen MR) is 124 cm³/mol. The summed E-state index contributed by atoms with van der Waals surface area (Å²) in [6.07, 6.45) is -1.08. The van der Waals surface area contributed by atoms with Crippen LogP contribution in [0, 0.1) is 6.92 Å². The summed E-state index contributed by atoms with van der Waals surface area (Å²) < 4.78 is 12.6. The van der Waals surface area contributed by atoms with E-state index in [-0.39, 0.29) is 0 Å². The zero-order chi connectivity index (χ0) is 21.3. The highest BCUT2D eigenvalue weighted by Gasteiger charge is 2.21. The molecule has 4 nitrogen and oxygen atoms in total. The minimum absolute atomic E-state index is 0.505. The second-order valence-corrected chi connectivity index (χ2v) is 8.33. The van der Waals surface area contributed by atoms with Gasteiger partial charge in [0.2, 0.25) is 0 Å². The lowest BCUT2D eigenvalue weighted by Crippen LogP contribution is -2.16. The van der Waals surface area contributed by atoms with Gasteiger partial charge in [-0.25, -0.2) is 4.79 Å². The summed E-state index contributed by atoms with van der Waals surface area (Å²) in [6, 6.07) is 20.9. The molecule has 1 N–H and O–H groups in total. The molecule has 0 bridgehead atoms. The zero-order valence-electron chi connectivity index (χ0n) is 16.4. The number of halogens is 2. The van der Waals surface area contributed by atoms with Gasteiger partial charge in [-0.1, -0.05) is 69.5 Å². The summed E-state index contributed by atoms with van der Waals surface area (Å²) in [5.41, 5.74) is 3.92. The Balaban J connectivity index is 1.68. The molecule has 152 valence electrons. The number of hydrogen-bond acceptors (Lipinski definition) is 3. The standard InChI is InChI=1S/C24H19BrClNO3/c1-14-7-12-21-19(13-14)22(23(30-21)16-8-10-17(25)11-9-16)27-24(28)29-15(2)18-5-3-4-6-20(18)26/h3-13,15H,1-2H3,(H,27,28)/t15-/m1/s1. The van der Waals surface area contributed by atoms with Crippen LogP contribution in [0.15, 0.2) is 75.6 Å². The number of carbonyl (C=O) groups excluding carboxylic acids is 1. The molecule has 6 heteroatoms. The second kappa shape index (κ2) is 8.54. The van der Waals surface area contributed by atoms with Crippen molar-refractivity contribution in [1.29, 1.82) is 0 Å². The van der Waals surface area contributed by atoms with Crippen molar-refractivity contribution in [3.63, 3.8) is 0 Å². The largest absolute Gasteiger partial charge is 0.454 e. The van der Waals surface area contributed by atoms with Crippen LogP contribution in [0.3, 0.4) is 0 Å². The first-order valence-corrected chi connectivity index (χ1v) is 10.6. The third-order valence-electron chi connectivity index (χ3n) is 4.80. The van der Waals surface area contributed by atoms with E-state index >= 15 is 0 Å². The third kappa shape index (κ3) is 4.23. The van der Waals surface area contributed by atoms with E-state index in [0.717, 1.165) is 26.5 Å². The van der Waals surface area contributed by atoms with Crippen molar-refractivity contribution < 1.29 is 13.9 Å². The molecule has 1 atom stereocenters. The molecule has 3 aromatic carbocycles. The number of nitrogens with one attached hydrogen (secondary N) is 1. The number of fused-ring (bicyclic) bond motifs is 1. The summed E-state index contributed by atoms with van der Waals surface area (Å²) >= 11 is 9.67. The first-order valence-electron chi connectivity index (χ1n) is 9.43. The first-order chi connectivity index (χ1) is 14.4. The fourth-order valence-corrected chi connectivity index (χ4v) is 3.85. The molecule has 0 unspecified atom stereocenters. The Bertz CT molecular complexity index is 1220. The average Bonchev–Trinajstić information content (AvgIpc) is 3.06. The normalized spacial score (nSPS) is 12.0. The van der Waals surface area contributed by atoms with Crippen molar-refractivity contribution in [2.75, 3.05) is 5.32 Å². The molecule has 0 spiro atoms. The maximum atomic E-state index is 12.7. The van der Waals surface area contributed by atoms with Gasteiger partial charge in [0.05, 0.1) is 5.69 Å². The van der Waals surface area contributed by atoms with Gasteiger partial charge in [0.1, 0.15) is 11.7 Å². The smallest absolute Gasteiger partial charge is 0.412 e. The van der Waals surface area contributed by atoms with Gasteiger partial charge in [-0.15, -0.1) is 0 Å². The van der Waals surface area contributed by atoms with Crippen molar-refractivity contribution in [3.05, 3.63) is 87.4 Å². The van der Waals surface area contributed by atoms with E-state index in [0.29, 0.717) is 22.1 Å². The molecule has 1 amide bonds. The third-order valence-corrected chi connectivity index (χ3v) is 5.68. The minimum Gasteiger partial charge on any atom is -0.454 e. The van der Waals surface area contributed by atoms with Gasteiger partial charge in [-0.05, 0) is 44.2 Å². The number of ether oxygens (including phenoxy) is 1. The maximum absolute atomic E-state index is 12.7. The van der Waals surface area contributed by atoms with Crippen molar-refractivity contribution in [3.8, 4) is 11.3 Å². The number of carbonyl (C=O) groups is 1. The second-order valence-electron chi connectivity index (χ2n) is 7.01. The topological polar surface area (TPSA) is 51.5 Å². The highest BCUT2D eigenvalue weighted by Crippen LogP contribution is 2.39. The van der Waals surface area contributed by atoms with Crippen LogP contribution in [0.1, 0.15) is 24.2 Å². The van der Waals surface area contributed by atoms with Gasteiger partial charge in [0, 0.05) is 26.0 Å². The quantitative estimate of drug-likeness (QED) is 0.318. The van der Waals surface area contributed by atoms with Gasteiger partial charge in [0.25, 0.3) is 0 Å². The van der Waals surface area contributed by atoms with Gasteiger partial charge in [0.15, 0.2) is 5.76 Å². The summed E-state index contributed by atoms with van der Waals surface area (Å²) in [5, 5.41) is 4.25. The van der Waals surface area contributed by atoms with Crippen molar-refractivity contribution in [1.82, 2.24) is 0 Å². The van der Waals surface area contributed by atoms with Crippen LogP contribution < -0.4 is 5.32 Å². The monoisotopic (exact) mass is 483 g/mol. The van der Waals surface area contributed by atoms with Crippen LogP contribution in [0.2, 0.25) is 5.02 Å². The van der Waals surface area contributed by atoms with E-state index in [2.05, 4.69) is 21.2 Å². The molecule has 0 aliphatic rings. The van der Waals surface area contributed by atoms with Crippen LogP contribution >= 0.6 is 27.5 Å². The van der Waals surface area contributed by atoms with Crippen molar-refractivity contribution >= 4 is 50.3 Å². The minimum atomic E-state index is -0.579. The molecule has 0 aliphatic heterocycles. The molecule has 0 fully saturated rings. The summed E-state index contributed by atoms with van der Waals surface area (Å²) in [5.74, 6) is 0.574. The fourth-order valence-electron chi connectivity index (χ4n) is 3.30. The van der Waals surface area contributed by atoms with Crippen molar-refractivity contribution in [2.24, 2.45) is 0 Å². The number of amides is 1. The van der Waals surface area contributed by atoms with Gasteiger partial charge in [-0.3, -0.25) is 5.32 Å². The number of anilines is 1. The molecule has 1 heterocycles. The Morgan fingerprint density at radius 3 is 2.57 bits per heavy atom. The van der Waals surface area contributed by atoms with Gasteiger partial charge in [-0.2, -0.15) is 0 Å². The van der Waals surface area contributed by atoms with Crippen LogP contribution in [-0.4, -0.2) is 6.09 Å². The van der Waals surface area contributed by atoms with E-state index in [1.807, 2.05) is 67.6 Å². The maximum Gasteiger partial charge on any atom is 0.412 e. The number of aryl methyl sites for hydroxylation is 1. The Hall–Kier alpha value is -2.76. The number of benzene rings is 3. The highest BCUT2D eigenvalue weighted by atomic mass is 79.9. The summed E-state index contributed by atoms with van der Waals surface area (Å²) in [4.78, 5) is 12.7. The predicted octanol–water partition coefficient (Wildman–Crippen LogP) is 8.13. The highest BCUT2D eigenvalue weighted by molar-refractivity contribution is 9.10. The van der Waals surface area contributed by atoms with Crippen molar-refractivity contribution in [2.45, 2.75) is 20.0 Å². The van der Waals surface area contributed by atoms with Crippen LogP contribution in [0.25, 0.3) is 22.3 Å². The molecular formula is C24H19BrClNO3. The van der Waals surface area contributed by atoms with Gasteiger partial charge >= 0.3 is 6.09 Å². The molecule has 0 radical (unpaired) electrons. The summed E-state index contributed by atoms with van der Waals surface area (Å²) in [6.45, 7) is 3.78. The number of hydrogen-bond donors (Lipinski definition) is 1. The molecule has 4 rings (SSSR count). The summed E-state index contributed by atoms with van der Waals surface area (Å²) in [7, 11) is 0. The van der Waals surface area contributed by atoms with E-state index in [1.54, 1.807) is 13.0 Å². The fraction of sp³-hybridized carbons (Fsp3) is 0.125. The van der Waals surface area contributed by atoms with Crippen LogP contribution in [0.5, 0.6) is 0 Å². The lowest BCUT2D eigenvalue weighted by Gasteiger charge is -2.15. The molecule has 1 aromatic heterocycles. The van der Waals surface area contributed by atoms with E-state index in [9.17, 15) is 4.79 Å². The Labute approximate surface area is 187 Å². The molecular weight excluding hydrogens is 466 g/mol. The average molecular weight is 485 g/mol.